The van der Waals surface area contributed by atoms with Crippen LogP contribution in [0, 0.1) is 16.7 Å². The fourth-order valence-corrected chi connectivity index (χ4v) is 3.73. The maximum absolute atomic E-state index is 5.26. The summed E-state index contributed by atoms with van der Waals surface area (Å²) in [4.78, 5) is 0. The molecule has 114 valence electrons. The van der Waals surface area contributed by atoms with Gasteiger partial charge >= 0.3 is 0 Å². The monoisotopic (exact) mass is 277 g/mol. The lowest BCUT2D eigenvalue weighted by molar-refractivity contribution is 0.0865. The van der Waals surface area contributed by atoms with Crippen LogP contribution < -0.4 is 5.32 Å². The molecule has 0 radical (unpaired) electrons. The molecule has 1 aliphatic carbocycles. The molecule has 0 bridgehead atoms. The fraction of sp³-hybridized carbons (Fsp3) is 0.778. The fourth-order valence-electron chi connectivity index (χ4n) is 3.73. The molecule has 1 heterocycles. The van der Waals surface area contributed by atoms with Gasteiger partial charge in [-0.15, -0.1) is 0 Å². The summed E-state index contributed by atoms with van der Waals surface area (Å²) in [6, 6.07) is 2.13. The lowest BCUT2D eigenvalue weighted by Crippen LogP contribution is -2.41. The molecular weight excluding hydrogens is 246 g/mol. The van der Waals surface area contributed by atoms with Crippen LogP contribution in [0.25, 0.3) is 0 Å². The second-order valence-electron chi connectivity index (χ2n) is 7.73. The maximum Gasteiger partial charge on any atom is 0.0934 e. The Balaban J connectivity index is 2.02. The maximum atomic E-state index is 5.26. The number of hydrogen-bond donors (Lipinski definition) is 1. The standard InChI is InChI=1S/C18H31NO/c1-5-19-14-18(12-15-8-11-20-13-15)9-6-16(7-10-18)17(2,3)4/h8,11,13,16,19H,5-7,9-10,12,14H2,1-4H3. The van der Waals surface area contributed by atoms with Crippen molar-refractivity contribution < 1.29 is 4.42 Å². The van der Waals surface area contributed by atoms with E-state index in [1.165, 1.54) is 31.2 Å². The molecule has 0 atom stereocenters. The van der Waals surface area contributed by atoms with Crippen LogP contribution in [0.3, 0.4) is 0 Å². The Hall–Kier alpha value is -0.760. The van der Waals surface area contributed by atoms with E-state index in [1.54, 1.807) is 6.26 Å². The van der Waals surface area contributed by atoms with Crippen molar-refractivity contribution in [3.8, 4) is 0 Å². The molecule has 2 nitrogen and oxygen atoms in total. The van der Waals surface area contributed by atoms with Crippen LogP contribution in [0.4, 0.5) is 0 Å². The molecule has 0 amide bonds. The van der Waals surface area contributed by atoms with Crippen LogP contribution in [-0.2, 0) is 6.42 Å². The van der Waals surface area contributed by atoms with Gasteiger partial charge in [0.15, 0.2) is 0 Å². The molecule has 1 aliphatic rings. The van der Waals surface area contributed by atoms with Crippen molar-refractivity contribution in [2.45, 2.75) is 59.8 Å². The summed E-state index contributed by atoms with van der Waals surface area (Å²) in [5.41, 5.74) is 2.25. The second kappa shape index (κ2) is 6.34. The van der Waals surface area contributed by atoms with E-state index in [-0.39, 0.29) is 0 Å². The Kier molecular flexibility index (Phi) is 4.95. The van der Waals surface area contributed by atoms with Crippen molar-refractivity contribution in [3.63, 3.8) is 0 Å². The first kappa shape index (κ1) is 15.6. The van der Waals surface area contributed by atoms with E-state index in [0.717, 1.165) is 25.4 Å². The van der Waals surface area contributed by atoms with Crippen LogP contribution in [0.2, 0.25) is 0 Å². The summed E-state index contributed by atoms with van der Waals surface area (Å²) in [5.74, 6) is 0.876. The highest BCUT2D eigenvalue weighted by atomic mass is 16.3. The SMILES string of the molecule is CCNCC1(Cc2ccoc2)CCC(C(C)(C)C)CC1. The molecule has 1 aromatic rings. The van der Waals surface area contributed by atoms with Crippen molar-refractivity contribution in [1.29, 1.82) is 0 Å². The number of nitrogens with one attached hydrogen (secondary N) is 1. The van der Waals surface area contributed by atoms with Crippen molar-refractivity contribution in [2.24, 2.45) is 16.7 Å². The molecule has 0 aromatic carbocycles. The Morgan fingerprint density at radius 2 is 2.00 bits per heavy atom. The summed E-state index contributed by atoms with van der Waals surface area (Å²) in [5, 5.41) is 3.59. The highest BCUT2D eigenvalue weighted by Gasteiger charge is 2.38. The largest absolute Gasteiger partial charge is 0.472 e. The van der Waals surface area contributed by atoms with E-state index in [0.29, 0.717) is 10.8 Å². The quantitative estimate of drug-likeness (QED) is 0.847. The second-order valence-corrected chi connectivity index (χ2v) is 7.73. The van der Waals surface area contributed by atoms with Crippen LogP contribution in [0.1, 0.15) is 58.9 Å². The van der Waals surface area contributed by atoms with Gasteiger partial charge in [-0.2, -0.15) is 0 Å². The Bertz CT molecular complexity index is 380. The Morgan fingerprint density at radius 1 is 1.30 bits per heavy atom. The molecule has 1 aromatic heterocycles. The zero-order valence-electron chi connectivity index (χ0n) is 13.7. The summed E-state index contributed by atoms with van der Waals surface area (Å²) in [7, 11) is 0. The van der Waals surface area contributed by atoms with Gasteiger partial charge in [-0.25, -0.2) is 0 Å². The van der Waals surface area contributed by atoms with E-state index < -0.39 is 0 Å². The van der Waals surface area contributed by atoms with Crippen molar-refractivity contribution >= 4 is 0 Å². The van der Waals surface area contributed by atoms with Crippen LogP contribution in [0.15, 0.2) is 23.0 Å². The van der Waals surface area contributed by atoms with Gasteiger partial charge < -0.3 is 9.73 Å². The van der Waals surface area contributed by atoms with Gasteiger partial charge in [0.1, 0.15) is 0 Å². The van der Waals surface area contributed by atoms with E-state index in [4.69, 9.17) is 4.42 Å². The lowest BCUT2D eigenvalue weighted by Gasteiger charge is -2.44. The first-order valence-corrected chi connectivity index (χ1v) is 8.17. The predicted octanol–water partition coefficient (Wildman–Crippen LogP) is 4.65. The van der Waals surface area contributed by atoms with Gasteiger partial charge in [0.25, 0.3) is 0 Å². The van der Waals surface area contributed by atoms with E-state index in [1.807, 2.05) is 6.26 Å². The van der Waals surface area contributed by atoms with Crippen molar-refractivity contribution in [2.75, 3.05) is 13.1 Å². The van der Waals surface area contributed by atoms with E-state index >= 15 is 0 Å². The molecule has 0 aliphatic heterocycles. The minimum atomic E-state index is 0.432. The molecular formula is C18H31NO. The summed E-state index contributed by atoms with van der Waals surface area (Å²) >= 11 is 0. The van der Waals surface area contributed by atoms with Crippen molar-refractivity contribution in [3.05, 3.63) is 24.2 Å². The normalized spacial score (nSPS) is 27.7. The third-order valence-electron chi connectivity index (χ3n) is 5.18. The molecule has 0 saturated heterocycles. The lowest BCUT2D eigenvalue weighted by atomic mass is 9.62. The summed E-state index contributed by atoms with van der Waals surface area (Å²) < 4.78 is 5.26. The average molecular weight is 277 g/mol. The molecule has 2 rings (SSSR count). The molecule has 1 saturated carbocycles. The number of hydrogen-bond acceptors (Lipinski definition) is 2. The zero-order chi connectivity index (χ0) is 14.6. The predicted molar refractivity (Wildman–Crippen MR) is 84.8 cm³/mol. The molecule has 1 N–H and O–H groups in total. The summed E-state index contributed by atoms with van der Waals surface area (Å²) in [6.45, 7) is 11.6. The minimum absolute atomic E-state index is 0.432. The van der Waals surface area contributed by atoms with Gasteiger partial charge in [0, 0.05) is 6.54 Å². The van der Waals surface area contributed by atoms with Crippen LogP contribution in [-0.4, -0.2) is 13.1 Å². The number of rotatable bonds is 5. The third-order valence-corrected chi connectivity index (χ3v) is 5.18. The van der Waals surface area contributed by atoms with Gasteiger partial charge in [-0.3, -0.25) is 0 Å². The van der Waals surface area contributed by atoms with E-state index in [2.05, 4.69) is 39.1 Å². The number of furan rings is 1. The van der Waals surface area contributed by atoms with Gasteiger partial charge in [0.05, 0.1) is 12.5 Å². The molecule has 0 spiro atoms. The van der Waals surface area contributed by atoms with E-state index in [9.17, 15) is 0 Å². The van der Waals surface area contributed by atoms with Crippen LogP contribution in [0.5, 0.6) is 0 Å². The summed E-state index contributed by atoms with van der Waals surface area (Å²) in [6.07, 6.45) is 10.3. The topological polar surface area (TPSA) is 25.2 Å². The van der Waals surface area contributed by atoms with Crippen LogP contribution >= 0.6 is 0 Å². The minimum Gasteiger partial charge on any atom is -0.472 e. The first-order chi connectivity index (χ1) is 9.45. The van der Waals surface area contributed by atoms with Gasteiger partial charge in [-0.05, 0) is 67.0 Å². The highest BCUT2D eigenvalue weighted by Crippen LogP contribution is 2.46. The molecule has 2 heteroatoms. The van der Waals surface area contributed by atoms with Crippen molar-refractivity contribution in [1.82, 2.24) is 5.32 Å². The Labute approximate surface area is 124 Å². The first-order valence-electron chi connectivity index (χ1n) is 8.17. The van der Waals surface area contributed by atoms with Gasteiger partial charge in [-0.1, -0.05) is 27.7 Å². The Morgan fingerprint density at radius 3 is 2.50 bits per heavy atom. The average Bonchev–Trinajstić information content (AvgIpc) is 2.89. The van der Waals surface area contributed by atoms with Gasteiger partial charge in [0.2, 0.25) is 0 Å². The molecule has 1 fully saturated rings. The smallest absolute Gasteiger partial charge is 0.0934 e. The highest BCUT2D eigenvalue weighted by molar-refractivity contribution is 5.10. The zero-order valence-corrected chi connectivity index (χ0v) is 13.7. The molecule has 0 unspecified atom stereocenters. The third kappa shape index (κ3) is 3.88. The molecule has 20 heavy (non-hydrogen) atoms.